The lowest BCUT2D eigenvalue weighted by Crippen LogP contribution is -2.59. The predicted molar refractivity (Wildman–Crippen MR) is 114 cm³/mol. The predicted octanol–water partition coefficient (Wildman–Crippen LogP) is 0.682. The molecular formula is C21H25N5O5S. The van der Waals surface area contributed by atoms with Gasteiger partial charge in [-0.1, -0.05) is 6.07 Å². The number of hydrogen-bond acceptors (Lipinski definition) is 7. The first-order valence-corrected chi connectivity index (χ1v) is 12.4. The number of methoxy groups -OCH3 is 1. The Morgan fingerprint density at radius 2 is 1.88 bits per heavy atom. The van der Waals surface area contributed by atoms with Crippen LogP contribution in [0.3, 0.4) is 0 Å². The normalized spacial score (nSPS) is 21.7. The van der Waals surface area contributed by atoms with Gasteiger partial charge in [0.25, 0.3) is 10.0 Å². The van der Waals surface area contributed by atoms with Crippen molar-refractivity contribution in [3.05, 3.63) is 34.5 Å². The zero-order chi connectivity index (χ0) is 22.0. The summed E-state index contributed by atoms with van der Waals surface area (Å²) < 4.78 is 40.6. The smallest absolute Gasteiger partial charge is 0.333 e. The molecule has 1 aromatic carbocycles. The first-order valence-electron chi connectivity index (χ1n) is 10.9. The van der Waals surface area contributed by atoms with E-state index >= 15 is 0 Å². The van der Waals surface area contributed by atoms with Crippen LogP contribution in [0.25, 0.3) is 0 Å². The molecule has 6 rings (SSSR count). The highest BCUT2D eigenvalue weighted by atomic mass is 32.2. The number of benzene rings is 1. The van der Waals surface area contributed by atoms with Crippen LogP contribution in [0.5, 0.6) is 5.88 Å². The second kappa shape index (κ2) is 7.19. The van der Waals surface area contributed by atoms with Crippen LogP contribution in [0.4, 0.5) is 10.5 Å². The number of carbonyl (C=O) groups excluding carboxylic acids is 1. The Hall–Kier alpha value is -2.63. The zero-order valence-electron chi connectivity index (χ0n) is 17.8. The first kappa shape index (κ1) is 20.0. The number of likely N-dealkylation sites (tertiary alicyclic amines) is 1. The third-order valence-corrected chi connectivity index (χ3v) is 8.37. The maximum absolute atomic E-state index is 12.9. The lowest BCUT2D eigenvalue weighted by molar-refractivity contribution is -0.0687. The van der Waals surface area contributed by atoms with Crippen molar-refractivity contribution in [2.45, 2.75) is 49.3 Å². The molecule has 0 saturated carbocycles. The van der Waals surface area contributed by atoms with Crippen molar-refractivity contribution in [3.63, 3.8) is 0 Å². The molecule has 1 aromatic heterocycles. The van der Waals surface area contributed by atoms with Crippen molar-refractivity contribution in [3.8, 4) is 5.88 Å². The Bertz CT molecular complexity index is 1190. The first-order chi connectivity index (χ1) is 15.4. The lowest BCUT2D eigenvalue weighted by Gasteiger charge is -2.44. The summed E-state index contributed by atoms with van der Waals surface area (Å²) in [4.78, 5) is 14.7. The number of nitrogens with one attached hydrogen (secondary N) is 2. The number of hydrogen-bond donors (Lipinski definition) is 2. The fourth-order valence-electron chi connectivity index (χ4n) is 4.92. The maximum Gasteiger partial charge on any atom is 0.333 e. The quantitative estimate of drug-likeness (QED) is 0.676. The molecule has 1 fully saturated rings. The third-order valence-electron chi connectivity index (χ3n) is 7.05. The van der Waals surface area contributed by atoms with Crippen molar-refractivity contribution in [1.82, 2.24) is 19.4 Å². The Kier molecular flexibility index (Phi) is 4.50. The van der Waals surface area contributed by atoms with Gasteiger partial charge >= 0.3 is 6.03 Å². The summed E-state index contributed by atoms with van der Waals surface area (Å²) >= 11 is 0. The van der Waals surface area contributed by atoms with Crippen LogP contribution in [-0.2, 0) is 47.0 Å². The minimum Gasteiger partial charge on any atom is -0.475 e. The average Bonchev–Trinajstić information content (AvgIpc) is 3.08. The number of carbonyl (C=O) groups is 1. The van der Waals surface area contributed by atoms with Crippen molar-refractivity contribution in [2.75, 3.05) is 32.1 Å². The molecule has 2 aromatic rings. The van der Waals surface area contributed by atoms with Gasteiger partial charge < -0.3 is 14.8 Å². The molecule has 0 bridgehead atoms. The second-order valence-electron chi connectivity index (χ2n) is 8.86. The van der Waals surface area contributed by atoms with Gasteiger partial charge in [-0.05, 0) is 47.9 Å². The topological polar surface area (TPSA) is 115 Å². The average molecular weight is 460 g/mol. The summed E-state index contributed by atoms with van der Waals surface area (Å²) in [6.45, 7) is 2.52. The van der Waals surface area contributed by atoms with Gasteiger partial charge in [0, 0.05) is 25.9 Å². The molecule has 32 heavy (non-hydrogen) atoms. The highest BCUT2D eigenvalue weighted by Crippen LogP contribution is 2.40. The molecule has 1 saturated heterocycles. The number of aryl methyl sites for hydroxylation is 2. The van der Waals surface area contributed by atoms with E-state index in [0.717, 1.165) is 55.6 Å². The van der Waals surface area contributed by atoms with Gasteiger partial charge in [-0.2, -0.15) is 5.10 Å². The molecule has 4 aliphatic rings. The highest BCUT2D eigenvalue weighted by molar-refractivity contribution is 7.90. The van der Waals surface area contributed by atoms with Crippen LogP contribution < -0.4 is 14.8 Å². The summed E-state index contributed by atoms with van der Waals surface area (Å²) in [5.74, 6) is 0.165. The van der Waals surface area contributed by atoms with Crippen molar-refractivity contribution in [2.24, 2.45) is 0 Å². The number of aromatic nitrogens is 2. The molecule has 10 nitrogen and oxygen atoms in total. The maximum atomic E-state index is 12.9. The van der Waals surface area contributed by atoms with Gasteiger partial charge in [-0.3, -0.25) is 4.90 Å². The van der Waals surface area contributed by atoms with Gasteiger partial charge in [0.2, 0.25) is 5.88 Å². The number of amides is 2. The molecule has 2 aliphatic carbocycles. The molecule has 2 aliphatic heterocycles. The van der Waals surface area contributed by atoms with E-state index in [1.54, 1.807) is 11.8 Å². The largest absolute Gasteiger partial charge is 0.475 e. The molecule has 2 amide bonds. The van der Waals surface area contributed by atoms with E-state index in [1.165, 1.54) is 17.3 Å². The summed E-state index contributed by atoms with van der Waals surface area (Å²) in [6.07, 6.45) is 5.27. The van der Waals surface area contributed by atoms with Gasteiger partial charge in [0.1, 0.15) is 6.61 Å². The van der Waals surface area contributed by atoms with Crippen LogP contribution in [-0.4, -0.2) is 68.1 Å². The Morgan fingerprint density at radius 1 is 1.16 bits per heavy atom. The highest BCUT2D eigenvalue weighted by Gasteiger charge is 2.38. The summed E-state index contributed by atoms with van der Waals surface area (Å²) in [5, 5.41) is 6.99. The van der Waals surface area contributed by atoms with Crippen molar-refractivity contribution >= 4 is 21.7 Å². The molecule has 0 radical (unpaired) electrons. The molecule has 3 heterocycles. The van der Waals surface area contributed by atoms with Crippen LogP contribution in [0, 0.1) is 0 Å². The molecule has 0 spiro atoms. The second-order valence-corrected chi connectivity index (χ2v) is 10.5. The number of urea groups is 1. The van der Waals surface area contributed by atoms with E-state index < -0.39 is 16.1 Å². The van der Waals surface area contributed by atoms with E-state index in [-0.39, 0.29) is 22.9 Å². The standard InChI is InChI=1S/C21H25N5O5S/c1-30-15-9-25(10-15)14-8-26-20(31-11-14)18(7-22-26)32(28,29)24-21(27)23-19-16-4-2-12(16)6-13-3-5-17(13)19/h6-7,14-15H,2-5,8-11H2,1H3,(H2,23,24,27). The third kappa shape index (κ3) is 3.10. The number of sulfonamides is 1. The van der Waals surface area contributed by atoms with Crippen molar-refractivity contribution in [1.29, 1.82) is 0 Å². The monoisotopic (exact) mass is 459 g/mol. The van der Waals surface area contributed by atoms with E-state index in [9.17, 15) is 13.2 Å². The molecule has 1 unspecified atom stereocenters. The number of fused-ring (bicyclic) bond motifs is 3. The molecule has 1 atom stereocenters. The SMILES string of the molecule is COC1CN(C2COc3c(S(=O)(=O)NC(=O)Nc4c5c(cc6c4CC6)CC5)cnn3C2)C1. The Labute approximate surface area is 185 Å². The molecule has 11 heteroatoms. The number of ether oxygens (including phenoxy) is 2. The molecular weight excluding hydrogens is 434 g/mol. The van der Waals surface area contributed by atoms with E-state index in [4.69, 9.17) is 9.47 Å². The Balaban J connectivity index is 1.16. The van der Waals surface area contributed by atoms with E-state index in [2.05, 4.69) is 26.1 Å². The summed E-state index contributed by atoms with van der Waals surface area (Å²) in [7, 11) is -2.44. The minimum atomic E-state index is -4.13. The minimum absolute atomic E-state index is 0.106. The lowest BCUT2D eigenvalue weighted by atomic mass is 9.76. The van der Waals surface area contributed by atoms with E-state index in [0.29, 0.717) is 13.2 Å². The fourth-order valence-corrected chi connectivity index (χ4v) is 5.91. The number of nitrogens with zero attached hydrogens (tertiary/aromatic N) is 3. The van der Waals surface area contributed by atoms with Crippen molar-refractivity contribution < 1.29 is 22.7 Å². The molecule has 2 N–H and O–H groups in total. The van der Waals surface area contributed by atoms with Gasteiger partial charge in [0.15, 0.2) is 4.90 Å². The van der Waals surface area contributed by atoms with Gasteiger partial charge in [0.05, 0.1) is 24.9 Å². The van der Waals surface area contributed by atoms with Gasteiger partial charge in [-0.25, -0.2) is 22.6 Å². The van der Waals surface area contributed by atoms with Crippen LogP contribution in [0.15, 0.2) is 17.2 Å². The van der Waals surface area contributed by atoms with Crippen LogP contribution in [0.2, 0.25) is 0 Å². The number of anilines is 1. The summed E-state index contributed by atoms with van der Waals surface area (Å²) in [5.41, 5.74) is 5.51. The number of rotatable bonds is 5. The van der Waals surface area contributed by atoms with Crippen LogP contribution >= 0.6 is 0 Å². The van der Waals surface area contributed by atoms with Crippen LogP contribution in [0.1, 0.15) is 22.3 Å². The van der Waals surface area contributed by atoms with Gasteiger partial charge in [-0.15, -0.1) is 0 Å². The summed E-state index contributed by atoms with van der Waals surface area (Å²) in [6, 6.07) is 1.55. The zero-order valence-corrected chi connectivity index (χ0v) is 18.6. The Morgan fingerprint density at radius 3 is 2.50 bits per heavy atom. The fraction of sp³-hybridized carbons (Fsp3) is 0.524. The molecule has 170 valence electrons. The van der Waals surface area contributed by atoms with E-state index in [1.807, 2.05) is 0 Å².